The van der Waals surface area contributed by atoms with E-state index in [1.807, 2.05) is 0 Å². The van der Waals surface area contributed by atoms with E-state index in [4.69, 9.17) is 90.0 Å². The molecule has 128 heavy (non-hydrogen) atoms. The molecule has 0 aromatic heterocycles. The second-order valence-corrected chi connectivity index (χ2v) is 32.5. The summed E-state index contributed by atoms with van der Waals surface area (Å²) in [4.78, 5) is 77.6. The molecule has 1 unspecified atom stereocenters. The van der Waals surface area contributed by atoms with Crippen LogP contribution in [0.1, 0.15) is 48.5 Å². The highest BCUT2D eigenvalue weighted by atomic mass is 16.8. The molecule has 0 spiro atoms. The molecule has 0 aliphatic carbocycles. The highest BCUT2D eigenvalue weighted by molar-refractivity contribution is 5.75. The molecule has 10 fully saturated rings. The van der Waals surface area contributed by atoms with E-state index < -0.39 is 402 Å². The van der Waals surface area contributed by atoms with Gasteiger partial charge >= 0.3 is 0 Å². The molecular weight excluding hydrogens is 1750 g/mol. The Morgan fingerprint density at radius 2 is 0.492 bits per heavy atom. The van der Waals surface area contributed by atoms with E-state index in [1.165, 1.54) is 6.92 Å². The fourth-order valence-corrected chi connectivity index (χ4v) is 16.5. The molecule has 56 heteroatoms. The predicted molar refractivity (Wildman–Crippen MR) is 398 cm³/mol. The minimum absolute atomic E-state index is 0.864. The molecule has 10 rings (SSSR count). The first-order chi connectivity index (χ1) is 60.4. The molecular formula is C72H120N6O50. The summed E-state index contributed by atoms with van der Waals surface area (Å²) in [5.74, 6) is -5.66. The number of aliphatic hydroxyl groups excluding tert-OH is 25. The third kappa shape index (κ3) is 23.9. The first-order valence-electron chi connectivity index (χ1n) is 41.0. The molecule has 0 radical (unpaired) electrons. The second kappa shape index (κ2) is 46.1. The summed E-state index contributed by atoms with van der Waals surface area (Å²) in [6.45, 7) is -3.36. The lowest BCUT2D eigenvalue weighted by Gasteiger charge is -2.52. The molecule has 0 saturated carbocycles. The fourth-order valence-electron chi connectivity index (χ4n) is 16.5. The molecule has 738 valence electrons. The summed E-state index contributed by atoms with van der Waals surface area (Å²) in [6, 6.07) is -11.5. The van der Waals surface area contributed by atoms with Crippen LogP contribution in [0, 0.1) is 0 Å². The van der Waals surface area contributed by atoms with Crippen molar-refractivity contribution in [2.24, 2.45) is 0 Å². The van der Waals surface area contributed by atoms with Crippen LogP contribution in [0.5, 0.6) is 0 Å². The third-order valence-corrected chi connectivity index (χ3v) is 23.2. The van der Waals surface area contributed by atoms with E-state index in [1.54, 1.807) is 0 Å². The minimum atomic E-state index is -2.82. The molecule has 10 aliphatic rings. The molecule has 10 aliphatic heterocycles. The van der Waals surface area contributed by atoms with E-state index in [0.29, 0.717) is 0 Å². The Morgan fingerprint density at radius 1 is 0.219 bits per heavy atom. The van der Waals surface area contributed by atoms with E-state index >= 15 is 0 Å². The van der Waals surface area contributed by atoms with Gasteiger partial charge in [-0.15, -0.1) is 0 Å². The van der Waals surface area contributed by atoms with Crippen LogP contribution in [0.4, 0.5) is 0 Å². The number of aliphatic hydroxyl groups is 25. The number of amides is 6. The second-order valence-electron chi connectivity index (χ2n) is 32.5. The predicted octanol–water partition coefficient (Wildman–Crippen LogP) is -20.9. The average molecular weight is 1870 g/mol. The summed E-state index contributed by atoms with van der Waals surface area (Å²) in [5, 5.41) is 298. The molecule has 0 aromatic carbocycles. The quantitative estimate of drug-likeness (QED) is 0.0290. The first-order valence-corrected chi connectivity index (χ1v) is 41.0. The Labute approximate surface area is 726 Å². The molecule has 50 atom stereocenters. The van der Waals surface area contributed by atoms with Gasteiger partial charge in [-0.3, -0.25) is 28.8 Å². The minimum Gasteiger partial charge on any atom is -0.394 e. The number of hydrogen-bond donors (Lipinski definition) is 31. The lowest BCUT2D eigenvalue weighted by Crippen LogP contribution is -2.71. The van der Waals surface area contributed by atoms with Crippen molar-refractivity contribution < 1.29 is 246 Å². The lowest BCUT2D eigenvalue weighted by atomic mass is 9.93. The molecule has 0 bridgehead atoms. The van der Waals surface area contributed by atoms with Gasteiger partial charge in [0.1, 0.15) is 238 Å². The number of nitrogens with one attached hydrogen (secondary N) is 6. The normalized spacial score (nSPS) is 47.8. The number of hydrogen-bond acceptors (Lipinski definition) is 50. The van der Waals surface area contributed by atoms with Crippen LogP contribution in [0.15, 0.2) is 0 Å². The van der Waals surface area contributed by atoms with Crippen LogP contribution in [-0.4, -0.2) is 529 Å². The zero-order valence-corrected chi connectivity index (χ0v) is 69.6. The molecule has 10 saturated heterocycles. The van der Waals surface area contributed by atoms with Gasteiger partial charge in [0.15, 0.2) is 62.9 Å². The van der Waals surface area contributed by atoms with Crippen molar-refractivity contribution in [1.82, 2.24) is 31.9 Å². The molecule has 10 heterocycles. The van der Waals surface area contributed by atoms with E-state index in [9.17, 15) is 156 Å². The van der Waals surface area contributed by atoms with Crippen molar-refractivity contribution in [3.05, 3.63) is 0 Å². The van der Waals surface area contributed by atoms with Gasteiger partial charge in [0.25, 0.3) is 0 Å². The first kappa shape index (κ1) is 105. The van der Waals surface area contributed by atoms with Crippen molar-refractivity contribution in [2.75, 3.05) is 59.5 Å². The summed E-state index contributed by atoms with van der Waals surface area (Å²) in [7, 11) is 0. The Morgan fingerprint density at radius 3 is 0.914 bits per heavy atom. The van der Waals surface area contributed by atoms with Crippen LogP contribution < -0.4 is 31.9 Å². The number of rotatable bonds is 33. The Kier molecular flexibility index (Phi) is 37.8. The van der Waals surface area contributed by atoms with Gasteiger partial charge in [0.05, 0.1) is 65.6 Å². The molecule has 31 N–H and O–H groups in total. The average Bonchev–Trinajstić information content (AvgIpc) is 0.747. The van der Waals surface area contributed by atoms with Crippen LogP contribution in [0.2, 0.25) is 0 Å². The van der Waals surface area contributed by atoms with Crippen LogP contribution >= 0.6 is 0 Å². The monoisotopic (exact) mass is 1870 g/mol. The Balaban J connectivity index is 1.12. The largest absolute Gasteiger partial charge is 0.394 e. The maximum absolute atomic E-state index is 13.6. The van der Waals surface area contributed by atoms with Crippen molar-refractivity contribution in [3.8, 4) is 0 Å². The standard InChI is InChI=1S/C72H120N6O50/c1-17-39(91)52(104)55(107)69(113-17)111-15-31-58(50(102)33(63(109)114-31)73-18(2)85)123-68-38(78-23(7)90)51(103)57(29(13-84)120-68)124-70-56(108)60(126-72-62(128-67-37(77-22(6)89)49(101)43(95)27(11-82)118-67)54(106)45(97)30(121-72)14-110-64-34(74-19(3)86)46(98)40(92)24(8-79)115-64)59(125-65-35(75-20(4)87)47(99)41(93)25(9-80)116-65)32(122-70)16-112-71-61(53(105)44(96)28(12-83)119-71)127-66-36(76-21(5)88)48(100)42(94)26(10-81)117-66/h17,24-72,79-84,91-109H,8-16H2,1-7H3,(H,73,85)(H,74,86)(H,75,87)(H,76,88)(H,77,89)(H,78,90)/t17-,24+,25+,26+,27+,28+,29+,30+,31+,32+,33+,34+,35+,36+,37+,38+,39+,40+,41+,42+,43+,44+,45+,46+,47+,48+,49+,50+,51+,52+,53-,54-,55-,56-,57+,58+,59+,60+,61-,62-,63?,64+,65-,66-,67-,68-,69+,70-,71-,72+/m0/s1. The van der Waals surface area contributed by atoms with Gasteiger partial charge < -0.3 is 250 Å². The zero-order chi connectivity index (χ0) is 94.4. The van der Waals surface area contributed by atoms with Crippen LogP contribution in [-0.2, 0) is 119 Å². The van der Waals surface area contributed by atoms with Gasteiger partial charge in [-0.1, -0.05) is 0 Å². The van der Waals surface area contributed by atoms with E-state index in [2.05, 4.69) is 31.9 Å². The molecule has 6 amide bonds. The van der Waals surface area contributed by atoms with E-state index in [-0.39, 0.29) is 0 Å². The summed E-state index contributed by atoms with van der Waals surface area (Å²) in [5.41, 5.74) is 0. The highest BCUT2D eigenvalue weighted by Gasteiger charge is 2.62. The molecule has 0 aromatic rings. The number of ether oxygens (including phenoxy) is 19. The van der Waals surface area contributed by atoms with Crippen molar-refractivity contribution in [2.45, 2.75) is 355 Å². The van der Waals surface area contributed by atoms with Gasteiger partial charge in [-0.25, -0.2) is 0 Å². The Bertz CT molecular complexity index is 3550. The smallest absolute Gasteiger partial charge is 0.217 e. The number of carbonyl (C=O) groups excluding carboxylic acids is 6. The van der Waals surface area contributed by atoms with Crippen LogP contribution in [0.3, 0.4) is 0 Å². The van der Waals surface area contributed by atoms with Gasteiger partial charge in [0.2, 0.25) is 35.4 Å². The maximum Gasteiger partial charge on any atom is 0.217 e. The topological polar surface area (TPSA) is 856 Å². The molecule has 56 nitrogen and oxygen atoms in total. The van der Waals surface area contributed by atoms with Gasteiger partial charge in [-0.2, -0.15) is 0 Å². The maximum atomic E-state index is 13.6. The van der Waals surface area contributed by atoms with Crippen molar-refractivity contribution in [1.29, 1.82) is 0 Å². The summed E-state index contributed by atoms with van der Waals surface area (Å²) >= 11 is 0. The lowest BCUT2D eigenvalue weighted by molar-refractivity contribution is -0.408. The van der Waals surface area contributed by atoms with Gasteiger partial charge in [0, 0.05) is 41.5 Å². The fraction of sp³-hybridized carbons (Fsp3) is 0.917. The Hall–Kier alpha value is -4.94. The zero-order valence-electron chi connectivity index (χ0n) is 69.6. The third-order valence-electron chi connectivity index (χ3n) is 23.2. The van der Waals surface area contributed by atoms with Crippen molar-refractivity contribution >= 4 is 35.4 Å². The van der Waals surface area contributed by atoms with Gasteiger partial charge in [-0.05, 0) is 6.92 Å². The SMILES string of the molecule is CC(=O)N[C@H]1[C@H](O[C@H]2[C@H](O)[C@@H](NC(C)=O)C(O)O[C@@H]2CO[C@@H]2O[C@@H](C)[C@@H](O)[C@@H](O)[C@@H]2O)O[C@H](CO)[C@@H](O[C@@H]2O[C@H](CO[C@H]3O[C@H](CO)[C@@H](O)[C@H](O)[C@@H]3O[C@@H]3O[C@H](CO)[C@@H](O)[C@H](O)[C@H]3NC(C)=O)[C@@H](O[C@@H]3O[C@H](CO)[C@@H](O)[C@H](O)[C@H]3NC(C)=O)[C@H](O[C@H]3O[C@H](CO[C@@H]4O[C@H](CO)[C@@H](O)[C@H](O)[C@H]4NC(C)=O)[C@@H](O)[C@H](O)[C@@H]3O[C@@H]3O[C@H](CO)[C@@H](O)[C@H](O)[C@H]3NC(C)=O)[C@@H]2O)[C@@H]1O. The number of carbonyl (C=O) groups is 6. The van der Waals surface area contributed by atoms with Crippen molar-refractivity contribution in [3.63, 3.8) is 0 Å². The highest BCUT2D eigenvalue weighted by Crippen LogP contribution is 2.41. The van der Waals surface area contributed by atoms with Crippen LogP contribution in [0.25, 0.3) is 0 Å². The summed E-state index contributed by atoms with van der Waals surface area (Å²) in [6.07, 6.45) is -94.6. The summed E-state index contributed by atoms with van der Waals surface area (Å²) < 4.78 is 117. The van der Waals surface area contributed by atoms with E-state index in [0.717, 1.165) is 41.5 Å².